The number of benzene rings is 2. The van der Waals surface area contributed by atoms with Crippen LogP contribution < -0.4 is 9.47 Å². The Morgan fingerprint density at radius 3 is 2.04 bits per heavy atom. The summed E-state index contributed by atoms with van der Waals surface area (Å²) in [5.41, 5.74) is 2.70. The summed E-state index contributed by atoms with van der Waals surface area (Å²) in [5, 5.41) is 9.96. The molecule has 27 heavy (non-hydrogen) atoms. The van der Waals surface area contributed by atoms with Gasteiger partial charge in [-0.2, -0.15) is 0 Å². The average molecular weight is 383 g/mol. The maximum absolute atomic E-state index is 11.3. The molecular weight excluding hydrogens is 362 g/mol. The van der Waals surface area contributed by atoms with Gasteiger partial charge in [0.1, 0.15) is 34.6 Å². The van der Waals surface area contributed by atoms with Gasteiger partial charge < -0.3 is 14.6 Å². The van der Waals surface area contributed by atoms with Crippen LogP contribution in [0, 0.1) is 6.92 Å². The topological polar surface area (TPSA) is 68.7 Å². The molecule has 3 rings (SSSR count). The molecule has 0 fully saturated rings. The van der Waals surface area contributed by atoms with Gasteiger partial charge >= 0.3 is 5.97 Å². The van der Waals surface area contributed by atoms with E-state index >= 15 is 0 Å². The van der Waals surface area contributed by atoms with Crippen molar-refractivity contribution < 1.29 is 19.4 Å². The first kappa shape index (κ1) is 18.9. The fourth-order valence-corrected chi connectivity index (χ4v) is 3.53. The molecule has 0 atom stereocenters. The van der Waals surface area contributed by atoms with E-state index in [4.69, 9.17) is 9.47 Å². The predicted octanol–water partition coefficient (Wildman–Crippen LogP) is 4.84. The van der Waals surface area contributed by atoms with Gasteiger partial charge in [-0.25, -0.2) is 9.78 Å². The number of carbonyl (C=O) groups is 1. The highest BCUT2D eigenvalue weighted by atomic mass is 32.1. The Bertz CT molecular complexity index is 901. The number of aromatic nitrogens is 1. The molecule has 1 aromatic heterocycles. The van der Waals surface area contributed by atoms with Gasteiger partial charge in [0.15, 0.2) is 0 Å². The lowest BCUT2D eigenvalue weighted by Gasteiger charge is -2.09. The number of hydrogen-bond acceptors (Lipinski definition) is 5. The summed E-state index contributed by atoms with van der Waals surface area (Å²) >= 11 is 1.20. The van der Waals surface area contributed by atoms with Crippen molar-refractivity contribution in [1.82, 2.24) is 4.98 Å². The molecule has 3 aromatic rings. The summed E-state index contributed by atoms with van der Waals surface area (Å²) in [7, 11) is 0. The van der Waals surface area contributed by atoms with E-state index in [0.29, 0.717) is 35.2 Å². The van der Waals surface area contributed by atoms with Gasteiger partial charge in [-0.15, -0.1) is 11.3 Å². The van der Waals surface area contributed by atoms with E-state index in [1.54, 1.807) is 0 Å². The maximum atomic E-state index is 11.3. The third-order valence-electron chi connectivity index (χ3n) is 3.97. The Labute approximate surface area is 162 Å². The zero-order valence-corrected chi connectivity index (χ0v) is 16.1. The molecule has 1 heterocycles. The zero-order chi connectivity index (χ0) is 19.2. The van der Waals surface area contributed by atoms with Crippen LogP contribution in [0.4, 0.5) is 0 Å². The van der Waals surface area contributed by atoms with Crippen LogP contribution in [0.5, 0.6) is 11.5 Å². The second-order valence-corrected chi connectivity index (χ2v) is 6.99. The Hall–Kier alpha value is -2.86. The van der Waals surface area contributed by atoms with E-state index in [-0.39, 0.29) is 0 Å². The van der Waals surface area contributed by atoms with E-state index in [1.807, 2.05) is 62.4 Å². The van der Waals surface area contributed by atoms with Crippen LogP contribution in [0.2, 0.25) is 0 Å². The van der Waals surface area contributed by atoms with Crippen molar-refractivity contribution in [3.63, 3.8) is 0 Å². The molecule has 0 aliphatic rings. The van der Waals surface area contributed by atoms with Gasteiger partial charge in [0, 0.05) is 5.56 Å². The first-order valence-corrected chi connectivity index (χ1v) is 9.54. The quantitative estimate of drug-likeness (QED) is 0.564. The summed E-state index contributed by atoms with van der Waals surface area (Å²) < 4.78 is 11.3. The number of hydrogen-bond donors (Lipinski definition) is 1. The lowest BCUT2D eigenvalue weighted by Crippen LogP contribution is -2.08. The third kappa shape index (κ3) is 4.86. The van der Waals surface area contributed by atoms with Crippen molar-refractivity contribution in [3.05, 3.63) is 64.7 Å². The SMILES string of the molecule is CCc1nc(-c2ccc(OCCOc3ccc(C)cc3)cc2)sc1C(=O)O. The summed E-state index contributed by atoms with van der Waals surface area (Å²) in [6.07, 6.45) is 0.598. The minimum Gasteiger partial charge on any atom is -0.490 e. The number of carboxylic acid groups (broad SMARTS) is 1. The molecule has 0 saturated heterocycles. The normalized spacial score (nSPS) is 10.6. The molecule has 0 aliphatic carbocycles. The Morgan fingerprint density at radius 1 is 1.00 bits per heavy atom. The van der Waals surface area contributed by atoms with Crippen molar-refractivity contribution in [2.75, 3.05) is 13.2 Å². The number of thiazole rings is 1. The lowest BCUT2D eigenvalue weighted by molar-refractivity contribution is 0.0701. The van der Waals surface area contributed by atoms with Gasteiger partial charge in [0.05, 0.1) is 5.69 Å². The smallest absolute Gasteiger partial charge is 0.347 e. The van der Waals surface area contributed by atoms with Crippen LogP contribution >= 0.6 is 11.3 Å². The molecule has 6 heteroatoms. The van der Waals surface area contributed by atoms with Gasteiger partial charge in [0.25, 0.3) is 0 Å². The molecule has 0 radical (unpaired) electrons. The van der Waals surface area contributed by atoms with Gasteiger partial charge in [-0.3, -0.25) is 0 Å². The highest BCUT2D eigenvalue weighted by molar-refractivity contribution is 7.17. The summed E-state index contributed by atoms with van der Waals surface area (Å²) in [6, 6.07) is 15.4. The molecule has 0 bridgehead atoms. The average Bonchev–Trinajstić information content (AvgIpc) is 3.12. The molecule has 0 unspecified atom stereocenters. The van der Waals surface area contributed by atoms with Crippen molar-refractivity contribution in [2.24, 2.45) is 0 Å². The number of rotatable bonds is 8. The van der Waals surface area contributed by atoms with Gasteiger partial charge in [0.2, 0.25) is 0 Å². The molecule has 5 nitrogen and oxygen atoms in total. The van der Waals surface area contributed by atoms with Crippen LogP contribution in [-0.2, 0) is 6.42 Å². The van der Waals surface area contributed by atoms with E-state index in [2.05, 4.69) is 4.98 Å². The highest BCUT2D eigenvalue weighted by Crippen LogP contribution is 2.29. The first-order valence-electron chi connectivity index (χ1n) is 8.72. The molecule has 140 valence electrons. The van der Waals surface area contributed by atoms with E-state index in [1.165, 1.54) is 16.9 Å². The van der Waals surface area contributed by atoms with Crippen molar-refractivity contribution in [1.29, 1.82) is 0 Å². The first-order chi connectivity index (χ1) is 13.1. The fourth-order valence-electron chi connectivity index (χ4n) is 2.53. The van der Waals surface area contributed by atoms with Crippen LogP contribution in [0.15, 0.2) is 48.5 Å². The zero-order valence-electron chi connectivity index (χ0n) is 15.3. The van der Waals surface area contributed by atoms with Gasteiger partial charge in [-0.05, 0) is 49.7 Å². The number of aromatic carboxylic acids is 1. The molecular formula is C21H21NO4S. The molecule has 2 aromatic carbocycles. The number of aryl methyl sites for hydroxylation is 2. The molecule has 0 amide bonds. The monoisotopic (exact) mass is 383 g/mol. The lowest BCUT2D eigenvalue weighted by atomic mass is 10.2. The fraction of sp³-hybridized carbons (Fsp3) is 0.238. The van der Waals surface area contributed by atoms with E-state index < -0.39 is 5.97 Å². The standard InChI is InChI=1S/C21H21NO4S/c1-3-18-19(21(23)24)27-20(22-18)15-6-10-17(11-7-15)26-13-12-25-16-8-4-14(2)5-9-16/h4-11H,3,12-13H2,1-2H3,(H,23,24). The van der Waals surface area contributed by atoms with Gasteiger partial charge in [-0.1, -0.05) is 24.6 Å². The van der Waals surface area contributed by atoms with Crippen LogP contribution in [0.3, 0.4) is 0 Å². The molecule has 0 spiro atoms. The number of carboxylic acids is 1. The maximum Gasteiger partial charge on any atom is 0.347 e. The van der Waals surface area contributed by atoms with Crippen molar-refractivity contribution in [3.8, 4) is 22.1 Å². The molecule has 1 N–H and O–H groups in total. The predicted molar refractivity (Wildman–Crippen MR) is 106 cm³/mol. The van der Waals surface area contributed by atoms with Crippen LogP contribution in [0.25, 0.3) is 10.6 Å². The number of ether oxygens (including phenoxy) is 2. The second kappa shape index (κ2) is 8.68. The Balaban J connectivity index is 1.56. The Kier molecular flexibility index (Phi) is 6.08. The molecule has 0 aliphatic heterocycles. The Morgan fingerprint density at radius 2 is 1.56 bits per heavy atom. The van der Waals surface area contributed by atoms with Crippen molar-refractivity contribution >= 4 is 17.3 Å². The molecule has 0 saturated carbocycles. The van der Waals surface area contributed by atoms with Crippen molar-refractivity contribution in [2.45, 2.75) is 20.3 Å². The summed E-state index contributed by atoms with van der Waals surface area (Å²) in [5.74, 6) is 0.630. The minimum absolute atomic E-state index is 0.307. The summed E-state index contributed by atoms with van der Waals surface area (Å²) in [6.45, 7) is 4.83. The second-order valence-electron chi connectivity index (χ2n) is 5.99. The van der Waals surface area contributed by atoms with E-state index in [9.17, 15) is 9.90 Å². The largest absolute Gasteiger partial charge is 0.490 e. The van der Waals surface area contributed by atoms with Crippen LogP contribution in [-0.4, -0.2) is 29.3 Å². The van der Waals surface area contributed by atoms with Crippen LogP contribution in [0.1, 0.15) is 27.9 Å². The highest BCUT2D eigenvalue weighted by Gasteiger charge is 2.16. The minimum atomic E-state index is -0.927. The summed E-state index contributed by atoms with van der Waals surface area (Å²) in [4.78, 5) is 16.0. The third-order valence-corrected chi connectivity index (χ3v) is 5.10. The number of nitrogens with zero attached hydrogens (tertiary/aromatic N) is 1. The van der Waals surface area contributed by atoms with E-state index in [0.717, 1.165) is 17.1 Å².